The van der Waals surface area contributed by atoms with Crippen molar-refractivity contribution in [1.82, 2.24) is 0 Å². The lowest BCUT2D eigenvalue weighted by Gasteiger charge is -2.39. The number of hydrogen-bond donors (Lipinski definition) is 1. The van der Waals surface area contributed by atoms with Crippen LogP contribution in [-0.4, -0.2) is 8.57 Å². The lowest BCUT2D eigenvalue weighted by molar-refractivity contribution is 0.550. The molecule has 0 bridgehead atoms. The molecule has 1 rings (SSSR count). The highest BCUT2D eigenvalue weighted by atomic mass is 28.4. The van der Waals surface area contributed by atoms with Crippen molar-refractivity contribution in [2.45, 2.75) is 117 Å². The minimum absolute atomic E-state index is 0.0143. The Hall–Kier alpha value is -0.833. The lowest BCUT2D eigenvalue weighted by atomic mass is 9.74. The van der Waals surface area contributed by atoms with Crippen molar-refractivity contribution in [2.75, 3.05) is 4.98 Å². The van der Waals surface area contributed by atoms with Crippen LogP contribution in [0.3, 0.4) is 0 Å². The Morgan fingerprint density at radius 3 is 1.26 bits per heavy atom. The fraction of sp³-hybridized carbons (Fsp3) is 0.750. The maximum Gasteiger partial charge on any atom is 0.351 e. The first kappa shape index (κ1) is 24.2. The van der Waals surface area contributed by atoms with Crippen LogP contribution >= 0.6 is 0 Å². The van der Waals surface area contributed by atoms with E-state index in [0.717, 1.165) is 5.69 Å². The number of rotatable bonds is 4. The average molecular weight is 394 g/mol. The van der Waals surface area contributed by atoms with Gasteiger partial charge in [0.15, 0.2) is 0 Å². The van der Waals surface area contributed by atoms with Gasteiger partial charge in [-0.3, -0.25) is 4.11 Å². The van der Waals surface area contributed by atoms with Crippen LogP contribution in [0.15, 0.2) is 12.1 Å². The summed E-state index contributed by atoms with van der Waals surface area (Å²) in [4.78, 5) is 3.56. The van der Waals surface area contributed by atoms with E-state index < -0.39 is 8.57 Å². The molecule has 0 saturated carbocycles. The Kier molecular flexibility index (Phi) is 6.75. The van der Waals surface area contributed by atoms with Gasteiger partial charge in [-0.25, -0.2) is 0 Å². The first-order valence-electron chi connectivity index (χ1n) is 10.5. The summed E-state index contributed by atoms with van der Waals surface area (Å²) < 4.78 is 16.2. The van der Waals surface area contributed by atoms with Crippen LogP contribution in [0.1, 0.15) is 107 Å². The number of anilines is 1. The first-order valence-corrected chi connectivity index (χ1v) is 12.5. The minimum Gasteiger partial charge on any atom is -0.385 e. The van der Waals surface area contributed by atoms with Gasteiger partial charge in [-0.1, -0.05) is 102 Å². The molecular formula is C24H44FNSi. The molecule has 27 heavy (non-hydrogen) atoms. The summed E-state index contributed by atoms with van der Waals surface area (Å²) in [6, 6.07) is 4.63. The summed E-state index contributed by atoms with van der Waals surface area (Å²) in [6.45, 7) is 28.3. The molecule has 3 heteroatoms. The smallest absolute Gasteiger partial charge is 0.351 e. The van der Waals surface area contributed by atoms with Gasteiger partial charge in [0.1, 0.15) is 0 Å². The molecule has 0 amide bonds. The molecule has 0 aliphatic heterocycles. The van der Waals surface area contributed by atoms with E-state index in [1.807, 2.05) is 27.7 Å². The van der Waals surface area contributed by atoms with Gasteiger partial charge in [-0.05, 0) is 44.0 Å². The van der Waals surface area contributed by atoms with Crippen molar-refractivity contribution in [2.24, 2.45) is 0 Å². The summed E-state index contributed by atoms with van der Waals surface area (Å²) >= 11 is 0. The topological polar surface area (TPSA) is 12.0 Å². The van der Waals surface area contributed by atoms with Crippen LogP contribution < -0.4 is 4.98 Å². The van der Waals surface area contributed by atoms with Gasteiger partial charge in [0, 0.05) is 5.69 Å². The van der Waals surface area contributed by atoms with Crippen molar-refractivity contribution in [1.29, 1.82) is 0 Å². The molecule has 0 spiro atoms. The molecule has 0 aromatic heterocycles. The zero-order valence-electron chi connectivity index (χ0n) is 20.2. The third-order valence-electron chi connectivity index (χ3n) is 5.62. The number of halogens is 1. The van der Waals surface area contributed by atoms with E-state index in [-0.39, 0.29) is 27.3 Å². The van der Waals surface area contributed by atoms with E-state index >= 15 is 4.11 Å². The first-order chi connectivity index (χ1) is 11.8. The van der Waals surface area contributed by atoms with Gasteiger partial charge >= 0.3 is 8.57 Å². The van der Waals surface area contributed by atoms with E-state index in [2.05, 4.69) is 79.4 Å². The Morgan fingerprint density at radius 1 is 0.704 bits per heavy atom. The molecule has 1 aromatic rings. The van der Waals surface area contributed by atoms with Gasteiger partial charge < -0.3 is 4.98 Å². The largest absolute Gasteiger partial charge is 0.385 e. The Bertz CT molecular complexity index is 611. The van der Waals surface area contributed by atoms with E-state index in [1.165, 1.54) is 16.7 Å². The third kappa shape index (κ3) is 5.37. The third-order valence-corrected chi connectivity index (χ3v) is 9.61. The summed E-state index contributed by atoms with van der Waals surface area (Å²) in [7, 11) is -3.18. The SMILES string of the molecule is CC(C)[Si](F)(Nc1c(C(C)(C)C)cc(C(C)(C)C)cc1C(C)(C)C)C(C)C. The fourth-order valence-corrected chi connectivity index (χ4v) is 6.10. The maximum atomic E-state index is 16.2. The predicted molar refractivity (Wildman–Crippen MR) is 123 cm³/mol. The zero-order chi connectivity index (χ0) is 21.6. The molecular weight excluding hydrogens is 349 g/mol. The zero-order valence-corrected chi connectivity index (χ0v) is 21.2. The molecule has 1 aromatic carbocycles. The van der Waals surface area contributed by atoms with Gasteiger partial charge in [0.25, 0.3) is 0 Å². The monoisotopic (exact) mass is 393 g/mol. The summed E-state index contributed by atoms with van der Waals surface area (Å²) in [6.07, 6.45) is 0. The van der Waals surface area contributed by atoms with Gasteiger partial charge in [0.05, 0.1) is 0 Å². The van der Waals surface area contributed by atoms with E-state index in [9.17, 15) is 0 Å². The molecule has 0 aliphatic rings. The van der Waals surface area contributed by atoms with E-state index in [1.54, 1.807) is 0 Å². The molecule has 156 valence electrons. The van der Waals surface area contributed by atoms with E-state index in [4.69, 9.17) is 0 Å². The summed E-state index contributed by atoms with van der Waals surface area (Å²) in [5.74, 6) is 0. The van der Waals surface area contributed by atoms with Crippen LogP contribution in [0.2, 0.25) is 11.1 Å². The number of nitrogens with one attached hydrogen (secondary N) is 1. The average Bonchev–Trinajstić information content (AvgIpc) is 2.42. The Labute approximate surface area is 169 Å². The molecule has 0 radical (unpaired) electrons. The van der Waals surface area contributed by atoms with Crippen molar-refractivity contribution >= 4 is 14.3 Å². The summed E-state index contributed by atoms with van der Waals surface area (Å²) in [5.41, 5.74) is 4.79. The predicted octanol–water partition coefficient (Wildman–Crippen LogP) is 8.22. The van der Waals surface area contributed by atoms with Crippen LogP contribution in [0.4, 0.5) is 9.80 Å². The van der Waals surface area contributed by atoms with Crippen LogP contribution in [-0.2, 0) is 16.2 Å². The second-order valence-corrected chi connectivity index (χ2v) is 16.0. The molecule has 1 nitrogen and oxygen atoms in total. The molecule has 0 unspecified atom stereocenters. The van der Waals surface area contributed by atoms with Crippen molar-refractivity contribution in [3.8, 4) is 0 Å². The van der Waals surface area contributed by atoms with Crippen molar-refractivity contribution < 1.29 is 4.11 Å². The molecule has 1 N–H and O–H groups in total. The molecule has 0 atom stereocenters. The maximum absolute atomic E-state index is 16.2. The number of hydrogen-bond acceptors (Lipinski definition) is 1. The number of benzene rings is 1. The van der Waals surface area contributed by atoms with Crippen molar-refractivity contribution in [3.05, 3.63) is 28.8 Å². The minimum atomic E-state index is -3.18. The molecule has 0 aliphatic carbocycles. The van der Waals surface area contributed by atoms with E-state index in [0.29, 0.717) is 0 Å². The van der Waals surface area contributed by atoms with Crippen molar-refractivity contribution in [3.63, 3.8) is 0 Å². The lowest BCUT2D eigenvalue weighted by Crippen LogP contribution is -2.46. The normalized spacial score (nSPS) is 14.2. The van der Waals surface area contributed by atoms with Gasteiger partial charge in [-0.2, -0.15) is 0 Å². The highest BCUT2D eigenvalue weighted by molar-refractivity contribution is 6.78. The quantitative estimate of drug-likeness (QED) is 0.401. The van der Waals surface area contributed by atoms with Gasteiger partial charge in [-0.15, -0.1) is 0 Å². The highest BCUT2D eigenvalue weighted by Gasteiger charge is 2.44. The van der Waals surface area contributed by atoms with Crippen LogP contribution in [0.25, 0.3) is 0 Å². The van der Waals surface area contributed by atoms with Gasteiger partial charge in [0.2, 0.25) is 0 Å². The summed E-state index contributed by atoms with van der Waals surface area (Å²) in [5, 5.41) is 0. The Balaban J connectivity index is 3.90. The Morgan fingerprint density at radius 2 is 1.04 bits per heavy atom. The second kappa shape index (κ2) is 7.53. The second-order valence-electron chi connectivity index (χ2n) is 11.9. The molecule has 0 fully saturated rings. The fourth-order valence-electron chi connectivity index (χ4n) is 3.54. The molecule has 0 saturated heterocycles. The molecule has 0 heterocycles. The standard InChI is InChI=1S/C24H44FNSi/c1-16(2)27(25,17(3)4)26-21-19(23(8,9)10)14-18(22(5,6)7)15-20(21)24(11,12)13/h14-17,26H,1-13H3. The van der Waals surface area contributed by atoms with Crippen LogP contribution in [0, 0.1) is 0 Å². The highest BCUT2D eigenvalue weighted by Crippen LogP contribution is 2.44. The van der Waals surface area contributed by atoms with Crippen LogP contribution in [0.5, 0.6) is 0 Å².